The molecular formula is C7H6Br2S. The zero-order valence-corrected chi connectivity index (χ0v) is 9.38. The highest BCUT2D eigenvalue weighted by molar-refractivity contribution is 9.28. The van der Waals surface area contributed by atoms with Crippen molar-refractivity contribution < 1.29 is 0 Å². The molecule has 0 spiro atoms. The largest absolute Gasteiger partial charge is 0.144 e. The minimum absolute atomic E-state index is 1.03. The predicted molar refractivity (Wildman–Crippen MR) is 54.8 cm³/mol. The maximum atomic E-state index is 3.36. The van der Waals surface area contributed by atoms with E-state index in [0.29, 0.717) is 0 Å². The van der Waals surface area contributed by atoms with Crippen molar-refractivity contribution >= 4 is 48.8 Å². The number of thiophene rings is 1. The van der Waals surface area contributed by atoms with Crippen molar-refractivity contribution in [2.24, 2.45) is 0 Å². The van der Waals surface area contributed by atoms with Crippen LogP contribution in [0.15, 0.2) is 20.9 Å². The van der Waals surface area contributed by atoms with Crippen molar-refractivity contribution in [2.45, 2.75) is 6.92 Å². The fourth-order valence-corrected chi connectivity index (χ4v) is 2.01. The van der Waals surface area contributed by atoms with Crippen LogP contribution in [0.2, 0.25) is 0 Å². The summed E-state index contributed by atoms with van der Waals surface area (Å²) >= 11 is 8.47. The molecule has 0 radical (unpaired) electrons. The van der Waals surface area contributed by atoms with Crippen LogP contribution in [0, 0.1) is 0 Å². The maximum Gasteiger partial charge on any atom is 0.0647 e. The van der Waals surface area contributed by atoms with Gasteiger partial charge in [0.05, 0.1) is 3.39 Å². The Labute approximate surface area is 81.2 Å². The van der Waals surface area contributed by atoms with E-state index in [1.165, 1.54) is 10.5 Å². The Morgan fingerprint density at radius 3 is 2.60 bits per heavy atom. The first-order valence-electron chi connectivity index (χ1n) is 2.77. The van der Waals surface area contributed by atoms with E-state index in [9.17, 15) is 0 Å². The molecule has 0 unspecified atom stereocenters. The molecule has 0 aliphatic heterocycles. The summed E-state index contributed by atoms with van der Waals surface area (Å²) in [5, 5.41) is 2.07. The number of halogens is 2. The minimum atomic E-state index is 1.03. The Morgan fingerprint density at radius 1 is 1.50 bits per heavy atom. The van der Waals surface area contributed by atoms with Crippen LogP contribution in [0.1, 0.15) is 11.8 Å². The normalized spacial score (nSPS) is 9.50. The summed E-state index contributed by atoms with van der Waals surface area (Å²) in [6.07, 6.45) is 0. The average Bonchev–Trinajstić information content (AvgIpc) is 2.36. The third-order valence-electron chi connectivity index (χ3n) is 1.17. The van der Waals surface area contributed by atoms with Gasteiger partial charge in [-0.2, -0.15) is 0 Å². The van der Waals surface area contributed by atoms with Crippen LogP contribution in [-0.2, 0) is 0 Å². The lowest BCUT2D eigenvalue weighted by Crippen LogP contribution is -1.69. The van der Waals surface area contributed by atoms with Crippen LogP contribution in [0.4, 0.5) is 0 Å². The summed E-state index contributed by atoms with van der Waals surface area (Å²) in [6, 6.07) is 4.15. The van der Waals surface area contributed by atoms with Gasteiger partial charge in [0.1, 0.15) is 0 Å². The second kappa shape index (κ2) is 3.69. The summed E-state index contributed by atoms with van der Waals surface area (Å²) in [5.41, 5.74) is 1.25. The molecule has 1 aromatic rings. The maximum absolute atomic E-state index is 3.36. The van der Waals surface area contributed by atoms with Gasteiger partial charge in [0.15, 0.2) is 0 Å². The third kappa shape index (κ3) is 1.94. The van der Waals surface area contributed by atoms with Crippen molar-refractivity contribution in [1.29, 1.82) is 0 Å². The molecule has 0 bridgehead atoms. The topological polar surface area (TPSA) is 0 Å². The molecule has 0 aromatic carbocycles. The first kappa shape index (κ1) is 8.50. The Balaban J connectivity index is 2.99. The lowest BCUT2D eigenvalue weighted by molar-refractivity contribution is 1.73. The number of rotatable bonds is 1. The van der Waals surface area contributed by atoms with Crippen LogP contribution in [0.5, 0.6) is 0 Å². The molecular weight excluding hydrogens is 276 g/mol. The summed E-state index contributed by atoms with van der Waals surface area (Å²) in [7, 11) is 0. The van der Waals surface area contributed by atoms with Gasteiger partial charge in [0.25, 0.3) is 0 Å². The standard InChI is InChI=1S/C7H6Br2S/c1-5(7(8)9)6-3-2-4-10-6/h2-4H,1H3. The summed E-state index contributed by atoms with van der Waals surface area (Å²) in [5.74, 6) is 0. The van der Waals surface area contributed by atoms with Crippen molar-refractivity contribution in [3.05, 3.63) is 25.8 Å². The Kier molecular flexibility index (Phi) is 3.14. The van der Waals surface area contributed by atoms with E-state index in [1.807, 2.05) is 6.07 Å². The average molecular weight is 282 g/mol. The second-order valence-corrected chi connectivity index (χ2v) is 5.46. The molecule has 3 heteroatoms. The highest BCUT2D eigenvalue weighted by Gasteiger charge is 1.98. The van der Waals surface area contributed by atoms with Crippen LogP contribution in [0.25, 0.3) is 5.57 Å². The van der Waals surface area contributed by atoms with Crippen LogP contribution in [0.3, 0.4) is 0 Å². The van der Waals surface area contributed by atoms with Crippen LogP contribution >= 0.6 is 43.2 Å². The van der Waals surface area contributed by atoms with Gasteiger partial charge in [-0.1, -0.05) is 6.07 Å². The molecule has 1 aromatic heterocycles. The number of hydrogen-bond donors (Lipinski definition) is 0. The summed E-state index contributed by atoms with van der Waals surface area (Å²) in [6.45, 7) is 2.07. The highest BCUT2D eigenvalue weighted by Crippen LogP contribution is 2.29. The van der Waals surface area contributed by atoms with E-state index in [1.54, 1.807) is 11.3 Å². The summed E-state index contributed by atoms with van der Waals surface area (Å²) in [4.78, 5) is 1.30. The van der Waals surface area contributed by atoms with Crippen molar-refractivity contribution in [3.63, 3.8) is 0 Å². The zero-order chi connectivity index (χ0) is 7.56. The molecule has 1 rings (SSSR count). The quantitative estimate of drug-likeness (QED) is 0.723. The van der Waals surface area contributed by atoms with Crippen molar-refractivity contribution in [2.75, 3.05) is 0 Å². The van der Waals surface area contributed by atoms with E-state index in [2.05, 4.69) is 50.2 Å². The molecule has 54 valence electrons. The van der Waals surface area contributed by atoms with Gasteiger partial charge < -0.3 is 0 Å². The molecule has 0 N–H and O–H groups in total. The Morgan fingerprint density at radius 2 is 2.20 bits per heavy atom. The van der Waals surface area contributed by atoms with Gasteiger partial charge in [-0.15, -0.1) is 11.3 Å². The minimum Gasteiger partial charge on any atom is -0.144 e. The molecule has 0 nitrogen and oxygen atoms in total. The van der Waals surface area contributed by atoms with E-state index in [4.69, 9.17) is 0 Å². The molecule has 0 aliphatic carbocycles. The smallest absolute Gasteiger partial charge is 0.0647 e. The molecule has 0 atom stereocenters. The molecule has 0 amide bonds. The van der Waals surface area contributed by atoms with Crippen LogP contribution in [-0.4, -0.2) is 0 Å². The first-order valence-corrected chi connectivity index (χ1v) is 5.24. The lowest BCUT2D eigenvalue weighted by atomic mass is 10.3. The fraction of sp³-hybridized carbons (Fsp3) is 0.143. The van der Waals surface area contributed by atoms with Gasteiger partial charge in [0.2, 0.25) is 0 Å². The van der Waals surface area contributed by atoms with E-state index >= 15 is 0 Å². The molecule has 1 heterocycles. The monoisotopic (exact) mass is 280 g/mol. The van der Waals surface area contributed by atoms with Gasteiger partial charge in [0, 0.05) is 4.88 Å². The number of allylic oxidation sites excluding steroid dienone is 1. The first-order chi connectivity index (χ1) is 4.72. The van der Waals surface area contributed by atoms with Gasteiger partial charge in [-0.25, -0.2) is 0 Å². The van der Waals surface area contributed by atoms with Crippen molar-refractivity contribution in [1.82, 2.24) is 0 Å². The van der Waals surface area contributed by atoms with Crippen LogP contribution < -0.4 is 0 Å². The third-order valence-corrected chi connectivity index (χ3v) is 3.35. The van der Waals surface area contributed by atoms with Gasteiger partial charge >= 0.3 is 0 Å². The molecule has 0 fully saturated rings. The predicted octanol–water partition coefficient (Wildman–Crippen LogP) is 4.23. The Bertz CT molecular complexity index is 232. The lowest BCUT2D eigenvalue weighted by Gasteiger charge is -1.94. The number of hydrogen-bond acceptors (Lipinski definition) is 1. The summed E-state index contributed by atoms with van der Waals surface area (Å²) < 4.78 is 1.03. The Hall–Kier alpha value is 0.400. The van der Waals surface area contributed by atoms with Crippen molar-refractivity contribution in [3.8, 4) is 0 Å². The molecule has 10 heavy (non-hydrogen) atoms. The van der Waals surface area contributed by atoms with E-state index < -0.39 is 0 Å². The highest BCUT2D eigenvalue weighted by atomic mass is 79.9. The van der Waals surface area contributed by atoms with Gasteiger partial charge in [-0.3, -0.25) is 0 Å². The molecule has 0 saturated carbocycles. The van der Waals surface area contributed by atoms with E-state index in [0.717, 1.165) is 3.39 Å². The SMILES string of the molecule is CC(=C(Br)Br)c1cccs1. The zero-order valence-electron chi connectivity index (χ0n) is 5.40. The second-order valence-electron chi connectivity index (χ2n) is 1.86. The van der Waals surface area contributed by atoms with E-state index in [-0.39, 0.29) is 0 Å². The fourth-order valence-electron chi connectivity index (χ4n) is 0.585. The molecule has 0 saturated heterocycles. The van der Waals surface area contributed by atoms with Gasteiger partial charge in [-0.05, 0) is 55.8 Å². The molecule has 0 aliphatic rings.